The lowest BCUT2D eigenvalue weighted by Crippen LogP contribution is -2.34. The Kier molecular flexibility index (Phi) is 6.01. The number of hydrogen-bond donors (Lipinski definition) is 0. The fourth-order valence-corrected chi connectivity index (χ4v) is 2.18. The molecular formula is C11H19BrN2O2. The third-order valence-corrected chi connectivity index (χ3v) is 2.91. The molecule has 0 atom stereocenters. The van der Waals surface area contributed by atoms with E-state index in [4.69, 9.17) is 0 Å². The first kappa shape index (κ1) is 13.7. The zero-order valence-corrected chi connectivity index (χ0v) is 11.3. The third kappa shape index (κ3) is 5.09. The molecule has 1 rings (SSSR count). The van der Waals surface area contributed by atoms with Crippen LogP contribution in [0.3, 0.4) is 0 Å². The predicted molar refractivity (Wildman–Crippen MR) is 67.6 cm³/mol. The Morgan fingerprint density at radius 1 is 1.25 bits per heavy atom. The van der Waals surface area contributed by atoms with Gasteiger partial charge in [-0.25, -0.2) is 0 Å². The van der Waals surface area contributed by atoms with Crippen molar-refractivity contribution in [2.24, 2.45) is 0 Å². The standard InChI is InChI=1S/C11H19BrN2O2/c1-10(12)8-13-4-3-5-14(7-6-13)9-11(15)16-2/h1,3-9H2,2H3. The molecule has 0 aliphatic carbocycles. The molecule has 1 aliphatic heterocycles. The van der Waals surface area contributed by atoms with Crippen molar-refractivity contribution in [2.45, 2.75) is 6.42 Å². The summed E-state index contributed by atoms with van der Waals surface area (Å²) >= 11 is 3.38. The number of hydrogen-bond acceptors (Lipinski definition) is 4. The fourth-order valence-electron chi connectivity index (χ4n) is 1.83. The summed E-state index contributed by atoms with van der Waals surface area (Å²) in [6, 6.07) is 0. The van der Waals surface area contributed by atoms with E-state index in [0.717, 1.165) is 43.6 Å². The van der Waals surface area contributed by atoms with Crippen LogP contribution in [0.15, 0.2) is 11.1 Å². The Hall–Kier alpha value is -0.390. The largest absolute Gasteiger partial charge is 0.468 e. The van der Waals surface area contributed by atoms with E-state index in [1.54, 1.807) is 0 Å². The van der Waals surface area contributed by atoms with Crippen molar-refractivity contribution in [1.82, 2.24) is 9.80 Å². The van der Waals surface area contributed by atoms with Gasteiger partial charge in [0.05, 0.1) is 13.7 Å². The van der Waals surface area contributed by atoms with Crippen molar-refractivity contribution in [3.8, 4) is 0 Å². The molecule has 0 spiro atoms. The minimum Gasteiger partial charge on any atom is -0.468 e. The maximum absolute atomic E-state index is 11.2. The quantitative estimate of drug-likeness (QED) is 0.726. The molecule has 0 bridgehead atoms. The van der Waals surface area contributed by atoms with E-state index in [1.165, 1.54) is 7.11 Å². The van der Waals surface area contributed by atoms with E-state index in [9.17, 15) is 4.79 Å². The Morgan fingerprint density at radius 2 is 1.81 bits per heavy atom. The van der Waals surface area contributed by atoms with Crippen LogP contribution in [0.2, 0.25) is 0 Å². The van der Waals surface area contributed by atoms with Crippen LogP contribution in [0.25, 0.3) is 0 Å². The van der Waals surface area contributed by atoms with E-state index < -0.39 is 0 Å². The van der Waals surface area contributed by atoms with Gasteiger partial charge in [-0.3, -0.25) is 14.6 Å². The predicted octanol–water partition coefficient (Wildman–Crippen LogP) is 1.08. The second kappa shape index (κ2) is 7.04. The van der Waals surface area contributed by atoms with Crippen LogP contribution in [0.4, 0.5) is 0 Å². The molecule has 0 radical (unpaired) electrons. The number of ether oxygens (including phenoxy) is 1. The molecule has 1 fully saturated rings. The van der Waals surface area contributed by atoms with Gasteiger partial charge in [-0.2, -0.15) is 0 Å². The number of esters is 1. The van der Waals surface area contributed by atoms with Crippen LogP contribution in [0.1, 0.15) is 6.42 Å². The van der Waals surface area contributed by atoms with E-state index in [1.807, 2.05) is 0 Å². The molecule has 92 valence electrons. The lowest BCUT2D eigenvalue weighted by molar-refractivity contribution is -0.141. The number of rotatable bonds is 4. The molecule has 1 aliphatic rings. The molecule has 1 heterocycles. The van der Waals surface area contributed by atoms with Crippen LogP contribution in [-0.4, -0.2) is 62.1 Å². The first-order valence-electron chi connectivity index (χ1n) is 5.46. The van der Waals surface area contributed by atoms with Crippen LogP contribution < -0.4 is 0 Å². The van der Waals surface area contributed by atoms with E-state index in [0.29, 0.717) is 6.54 Å². The number of nitrogens with zero attached hydrogens (tertiary/aromatic N) is 2. The second-order valence-electron chi connectivity index (χ2n) is 4.00. The minimum absolute atomic E-state index is 0.154. The van der Waals surface area contributed by atoms with Crippen molar-refractivity contribution in [2.75, 3.05) is 46.4 Å². The van der Waals surface area contributed by atoms with Crippen LogP contribution in [0, 0.1) is 0 Å². The minimum atomic E-state index is -0.154. The monoisotopic (exact) mass is 290 g/mol. The lowest BCUT2D eigenvalue weighted by atomic mass is 10.4. The Bertz CT molecular complexity index is 258. The first-order chi connectivity index (χ1) is 7.61. The maximum atomic E-state index is 11.2. The average molecular weight is 291 g/mol. The number of carbonyl (C=O) groups excluding carboxylic acids is 1. The molecule has 0 amide bonds. The molecule has 4 nitrogen and oxygen atoms in total. The molecule has 1 saturated heterocycles. The van der Waals surface area contributed by atoms with Crippen LogP contribution >= 0.6 is 15.9 Å². The van der Waals surface area contributed by atoms with Gasteiger partial charge in [0.2, 0.25) is 0 Å². The van der Waals surface area contributed by atoms with Gasteiger partial charge in [-0.05, 0) is 13.0 Å². The third-order valence-electron chi connectivity index (χ3n) is 2.66. The van der Waals surface area contributed by atoms with Crippen molar-refractivity contribution in [3.05, 3.63) is 11.1 Å². The van der Waals surface area contributed by atoms with Crippen molar-refractivity contribution < 1.29 is 9.53 Å². The topological polar surface area (TPSA) is 32.8 Å². The molecule has 0 saturated carbocycles. The Morgan fingerprint density at radius 3 is 2.31 bits per heavy atom. The van der Waals surface area contributed by atoms with E-state index >= 15 is 0 Å². The molecule has 16 heavy (non-hydrogen) atoms. The van der Waals surface area contributed by atoms with Gasteiger partial charge in [-0.15, -0.1) is 0 Å². The van der Waals surface area contributed by atoms with Gasteiger partial charge in [0.15, 0.2) is 0 Å². The SMILES string of the molecule is C=C(Br)CN1CCCN(CC(=O)OC)CC1. The lowest BCUT2D eigenvalue weighted by Gasteiger charge is -2.20. The molecule has 5 heteroatoms. The number of carbonyl (C=O) groups is 1. The Balaban J connectivity index is 2.34. The van der Waals surface area contributed by atoms with Gasteiger partial charge in [-0.1, -0.05) is 22.5 Å². The molecule has 0 N–H and O–H groups in total. The maximum Gasteiger partial charge on any atom is 0.319 e. The highest BCUT2D eigenvalue weighted by Gasteiger charge is 2.17. The molecule has 0 aromatic carbocycles. The first-order valence-corrected chi connectivity index (χ1v) is 6.26. The van der Waals surface area contributed by atoms with Gasteiger partial charge in [0.25, 0.3) is 0 Å². The van der Waals surface area contributed by atoms with Gasteiger partial charge in [0.1, 0.15) is 0 Å². The smallest absolute Gasteiger partial charge is 0.319 e. The van der Waals surface area contributed by atoms with E-state index in [-0.39, 0.29) is 5.97 Å². The summed E-state index contributed by atoms with van der Waals surface area (Å²) in [7, 11) is 1.43. The summed E-state index contributed by atoms with van der Waals surface area (Å²) in [6.07, 6.45) is 1.08. The van der Waals surface area contributed by atoms with E-state index in [2.05, 4.69) is 37.0 Å². The number of halogens is 1. The summed E-state index contributed by atoms with van der Waals surface area (Å²) < 4.78 is 5.68. The molecule has 0 aromatic heterocycles. The highest BCUT2D eigenvalue weighted by Crippen LogP contribution is 2.08. The highest BCUT2D eigenvalue weighted by molar-refractivity contribution is 9.11. The summed E-state index contributed by atoms with van der Waals surface area (Å²) in [5, 5.41) is 0. The van der Waals surface area contributed by atoms with Crippen LogP contribution in [-0.2, 0) is 9.53 Å². The summed E-state index contributed by atoms with van der Waals surface area (Å²) in [5.74, 6) is -0.154. The van der Waals surface area contributed by atoms with Crippen molar-refractivity contribution in [1.29, 1.82) is 0 Å². The second-order valence-corrected chi connectivity index (χ2v) is 5.12. The Labute approximate surface area is 105 Å². The molecular weight excluding hydrogens is 272 g/mol. The number of methoxy groups -OCH3 is 1. The van der Waals surface area contributed by atoms with Gasteiger partial charge < -0.3 is 4.74 Å². The van der Waals surface area contributed by atoms with Crippen molar-refractivity contribution in [3.63, 3.8) is 0 Å². The van der Waals surface area contributed by atoms with Crippen LogP contribution in [0.5, 0.6) is 0 Å². The summed E-state index contributed by atoms with van der Waals surface area (Å²) in [5.41, 5.74) is 0. The summed E-state index contributed by atoms with van der Waals surface area (Å²) in [6.45, 7) is 9.03. The van der Waals surface area contributed by atoms with Gasteiger partial charge in [0, 0.05) is 30.7 Å². The average Bonchev–Trinajstić information content (AvgIpc) is 2.43. The molecule has 0 aromatic rings. The van der Waals surface area contributed by atoms with Crippen molar-refractivity contribution >= 4 is 21.9 Å². The fraction of sp³-hybridized carbons (Fsp3) is 0.727. The zero-order valence-electron chi connectivity index (χ0n) is 9.75. The summed E-state index contributed by atoms with van der Waals surface area (Å²) in [4.78, 5) is 15.6. The van der Waals surface area contributed by atoms with Gasteiger partial charge >= 0.3 is 5.97 Å². The zero-order chi connectivity index (χ0) is 12.0. The normalized spacial score (nSPS) is 19.1. The molecule has 0 unspecified atom stereocenters. The highest BCUT2D eigenvalue weighted by atomic mass is 79.9.